The quantitative estimate of drug-likeness (QED) is 0.854. The van der Waals surface area contributed by atoms with E-state index in [0.717, 1.165) is 5.56 Å². The van der Waals surface area contributed by atoms with Gasteiger partial charge in [-0.05, 0) is 42.8 Å². The molecule has 0 spiro atoms. The van der Waals surface area contributed by atoms with Crippen LogP contribution in [0.15, 0.2) is 42.5 Å². The van der Waals surface area contributed by atoms with E-state index in [-0.39, 0.29) is 11.8 Å². The van der Waals surface area contributed by atoms with Crippen molar-refractivity contribution < 1.29 is 22.3 Å². The summed E-state index contributed by atoms with van der Waals surface area (Å²) in [5.41, 5.74) is 1.30. The fourth-order valence-electron chi connectivity index (χ4n) is 2.81. The lowest BCUT2D eigenvalue weighted by Gasteiger charge is -2.27. The first kappa shape index (κ1) is 17.7. The van der Waals surface area contributed by atoms with Gasteiger partial charge >= 0.3 is 0 Å². The number of ether oxygens (including phenoxy) is 2. The molecule has 2 aromatic rings. The van der Waals surface area contributed by atoms with Gasteiger partial charge in [0.2, 0.25) is 10.0 Å². The van der Waals surface area contributed by atoms with Crippen molar-refractivity contribution in [2.24, 2.45) is 0 Å². The number of hydrogen-bond donors (Lipinski definition) is 1. The van der Waals surface area contributed by atoms with Gasteiger partial charge in [-0.25, -0.2) is 17.5 Å². The number of sulfonamides is 1. The van der Waals surface area contributed by atoms with Gasteiger partial charge in [0.15, 0.2) is 0 Å². The zero-order valence-corrected chi connectivity index (χ0v) is 14.7. The fourth-order valence-corrected chi connectivity index (χ4v) is 4.20. The molecule has 2 aromatic carbocycles. The molecule has 1 atom stereocenters. The molecule has 1 N–H and O–H groups in total. The van der Waals surface area contributed by atoms with Crippen molar-refractivity contribution in [3.63, 3.8) is 0 Å². The first-order valence-corrected chi connectivity index (χ1v) is 9.76. The summed E-state index contributed by atoms with van der Waals surface area (Å²) in [6, 6.07) is 10.5. The lowest BCUT2D eigenvalue weighted by atomic mass is 10.0. The van der Waals surface area contributed by atoms with Crippen molar-refractivity contribution in [1.29, 1.82) is 0 Å². The topological polar surface area (TPSA) is 64.6 Å². The molecule has 134 valence electrons. The average Bonchev–Trinajstić information content (AvgIpc) is 2.57. The van der Waals surface area contributed by atoms with Gasteiger partial charge in [-0.1, -0.05) is 12.1 Å². The van der Waals surface area contributed by atoms with Crippen LogP contribution in [0.5, 0.6) is 11.5 Å². The Bertz CT molecular complexity index is 837. The smallest absolute Gasteiger partial charge is 0.216 e. The summed E-state index contributed by atoms with van der Waals surface area (Å²) >= 11 is 0. The van der Waals surface area contributed by atoms with E-state index in [4.69, 9.17) is 9.47 Å². The van der Waals surface area contributed by atoms with Crippen LogP contribution < -0.4 is 14.2 Å². The van der Waals surface area contributed by atoms with Crippen molar-refractivity contribution in [3.8, 4) is 11.5 Å². The highest BCUT2D eigenvalue weighted by Crippen LogP contribution is 2.35. The molecule has 0 radical (unpaired) electrons. The summed E-state index contributed by atoms with van der Waals surface area (Å²) in [6.45, 7) is 2.85. The van der Waals surface area contributed by atoms with Gasteiger partial charge < -0.3 is 9.47 Å². The van der Waals surface area contributed by atoms with Gasteiger partial charge in [0.1, 0.15) is 17.3 Å². The van der Waals surface area contributed by atoms with Crippen LogP contribution in [-0.2, 0) is 15.8 Å². The van der Waals surface area contributed by atoms with Crippen LogP contribution in [0.3, 0.4) is 0 Å². The minimum absolute atomic E-state index is 0.203. The summed E-state index contributed by atoms with van der Waals surface area (Å²) in [6.07, 6.45) is 0.533. The lowest BCUT2D eigenvalue weighted by molar-refractivity contribution is 0.261. The minimum Gasteiger partial charge on any atom is -0.494 e. The normalized spacial score (nSPS) is 16.8. The Labute approximate surface area is 146 Å². The van der Waals surface area contributed by atoms with E-state index >= 15 is 0 Å². The van der Waals surface area contributed by atoms with Crippen molar-refractivity contribution >= 4 is 10.0 Å². The Kier molecular flexibility index (Phi) is 5.24. The van der Waals surface area contributed by atoms with Crippen LogP contribution in [0.4, 0.5) is 4.39 Å². The second-order valence-corrected chi connectivity index (χ2v) is 7.58. The monoisotopic (exact) mass is 365 g/mol. The van der Waals surface area contributed by atoms with Crippen molar-refractivity contribution in [2.45, 2.75) is 25.1 Å². The molecule has 0 aromatic heterocycles. The number of halogens is 1. The SMILES string of the molecule is CCOc1ccc2c(c1)C(NS(=O)(=O)Cc1ccc(F)cc1)CCO2. The Hall–Kier alpha value is -2.12. The highest BCUT2D eigenvalue weighted by Gasteiger charge is 2.26. The summed E-state index contributed by atoms with van der Waals surface area (Å²) in [5.74, 6) is 0.736. The molecule has 25 heavy (non-hydrogen) atoms. The van der Waals surface area contributed by atoms with Crippen LogP contribution in [0.1, 0.15) is 30.5 Å². The molecular formula is C18H20FNO4S. The number of fused-ring (bicyclic) bond motifs is 1. The third-order valence-corrected chi connectivity index (χ3v) is 5.28. The maximum Gasteiger partial charge on any atom is 0.216 e. The molecule has 0 fully saturated rings. The number of hydrogen-bond acceptors (Lipinski definition) is 4. The average molecular weight is 365 g/mol. The molecule has 5 nitrogen and oxygen atoms in total. The van der Waals surface area contributed by atoms with Crippen LogP contribution >= 0.6 is 0 Å². The van der Waals surface area contributed by atoms with Crippen LogP contribution in [-0.4, -0.2) is 21.6 Å². The first-order chi connectivity index (χ1) is 12.0. The molecule has 0 saturated heterocycles. The molecular weight excluding hydrogens is 345 g/mol. The second-order valence-electron chi connectivity index (χ2n) is 5.83. The van der Waals surface area contributed by atoms with Crippen LogP contribution in [0.2, 0.25) is 0 Å². The van der Waals surface area contributed by atoms with E-state index in [2.05, 4.69) is 4.72 Å². The van der Waals surface area contributed by atoms with E-state index in [1.165, 1.54) is 24.3 Å². The summed E-state index contributed by atoms with van der Waals surface area (Å²) in [7, 11) is -3.58. The Balaban J connectivity index is 1.78. The predicted octanol–water partition coefficient (Wildman–Crippen LogP) is 3.17. The first-order valence-electron chi connectivity index (χ1n) is 8.11. The van der Waals surface area contributed by atoms with Gasteiger partial charge in [0.25, 0.3) is 0 Å². The van der Waals surface area contributed by atoms with Crippen LogP contribution in [0, 0.1) is 5.82 Å². The lowest BCUT2D eigenvalue weighted by Crippen LogP contribution is -2.33. The summed E-state index contributed by atoms with van der Waals surface area (Å²) in [5, 5.41) is 0. The largest absolute Gasteiger partial charge is 0.494 e. The van der Waals surface area contributed by atoms with Gasteiger partial charge in [0, 0.05) is 12.0 Å². The highest BCUT2D eigenvalue weighted by molar-refractivity contribution is 7.88. The molecule has 7 heteroatoms. The van der Waals surface area contributed by atoms with Crippen molar-refractivity contribution in [1.82, 2.24) is 4.72 Å². The molecule has 0 bridgehead atoms. The second kappa shape index (κ2) is 7.41. The van der Waals surface area contributed by atoms with Gasteiger partial charge in [-0.2, -0.15) is 0 Å². The van der Waals surface area contributed by atoms with E-state index in [9.17, 15) is 12.8 Å². The molecule has 1 aliphatic heterocycles. The highest BCUT2D eigenvalue weighted by atomic mass is 32.2. The van der Waals surface area contributed by atoms with Crippen LogP contribution in [0.25, 0.3) is 0 Å². The van der Waals surface area contributed by atoms with E-state index < -0.39 is 15.8 Å². The zero-order valence-electron chi connectivity index (χ0n) is 13.9. The molecule has 3 rings (SSSR count). The molecule has 0 aliphatic carbocycles. The maximum absolute atomic E-state index is 13.0. The molecule has 1 aliphatic rings. The summed E-state index contributed by atoms with van der Waals surface area (Å²) in [4.78, 5) is 0. The number of nitrogens with one attached hydrogen (secondary N) is 1. The van der Waals surface area contributed by atoms with E-state index in [1.807, 2.05) is 13.0 Å². The molecule has 1 heterocycles. The van der Waals surface area contributed by atoms with Gasteiger partial charge in [-0.15, -0.1) is 0 Å². The third-order valence-electron chi connectivity index (χ3n) is 3.92. The molecule has 1 unspecified atom stereocenters. The third kappa shape index (κ3) is 4.49. The Morgan fingerprint density at radius 1 is 1.24 bits per heavy atom. The molecule has 0 amide bonds. The van der Waals surface area contributed by atoms with Gasteiger partial charge in [-0.3, -0.25) is 0 Å². The van der Waals surface area contributed by atoms with Crippen molar-refractivity contribution in [2.75, 3.05) is 13.2 Å². The number of rotatable bonds is 6. The van der Waals surface area contributed by atoms with Crippen molar-refractivity contribution in [3.05, 3.63) is 59.4 Å². The summed E-state index contributed by atoms with van der Waals surface area (Å²) < 4.78 is 51.8. The molecule has 0 saturated carbocycles. The van der Waals surface area contributed by atoms with Gasteiger partial charge in [0.05, 0.1) is 25.0 Å². The maximum atomic E-state index is 13.0. The Morgan fingerprint density at radius 2 is 2.00 bits per heavy atom. The zero-order chi connectivity index (χ0) is 17.9. The Morgan fingerprint density at radius 3 is 2.72 bits per heavy atom. The fraction of sp³-hybridized carbons (Fsp3) is 0.333. The predicted molar refractivity (Wildman–Crippen MR) is 92.6 cm³/mol. The van der Waals surface area contributed by atoms with E-state index in [1.54, 1.807) is 12.1 Å². The van der Waals surface area contributed by atoms with E-state index in [0.29, 0.717) is 36.7 Å². The minimum atomic E-state index is -3.58. The standard InChI is InChI=1S/C18H20FNO4S/c1-2-23-15-7-8-18-16(11-15)17(9-10-24-18)20-25(21,22)12-13-3-5-14(19)6-4-13/h3-8,11,17,20H,2,9-10,12H2,1H3. The number of benzene rings is 2.